The highest BCUT2D eigenvalue weighted by molar-refractivity contribution is 5.99. The molecule has 0 unspecified atom stereocenters. The zero-order valence-corrected chi connectivity index (χ0v) is 8.41. The fourth-order valence-electron chi connectivity index (χ4n) is 0.953. The number of hydrogen-bond acceptors (Lipinski definition) is 3. The number of ether oxygens (including phenoxy) is 1. The average molecular weight is 197 g/mol. The van der Waals surface area contributed by atoms with E-state index in [0.717, 1.165) is 0 Å². The molecule has 0 atom stereocenters. The van der Waals surface area contributed by atoms with Crippen LogP contribution in [-0.2, 0) is 9.53 Å². The molecule has 0 spiro atoms. The molecule has 0 aromatic carbocycles. The summed E-state index contributed by atoms with van der Waals surface area (Å²) >= 11 is 0. The lowest BCUT2D eigenvalue weighted by molar-refractivity contribution is -0.116. The van der Waals surface area contributed by atoms with E-state index in [4.69, 9.17) is 4.74 Å². The Hall–Kier alpha value is -1.36. The third-order valence-electron chi connectivity index (χ3n) is 1.87. The second-order valence-electron chi connectivity index (χ2n) is 2.94. The molecule has 1 aliphatic heterocycles. The van der Waals surface area contributed by atoms with Crippen molar-refractivity contribution in [1.29, 1.82) is 0 Å². The summed E-state index contributed by atoms with van der Waals surface area (Å²) in [6.45, 7) is 1.40. The number of hydrogen-bond donors (Lipinski definition) is 2. The number of rotatable bonds is 3. The fraction of sp³-hybridized carbons (Fsp3) is 0.556. The summed E-state index contributed by atoms with van der Waals surface area (Å²) in [5.41, 5.74) is 0. The fourth-order valence-corrected chi connectivity index (χ4v) is 0.953. The minimum atomic E-state index is -0.141. The molecule has 0 aliphatic carbocycles. The van der Waals surface area contributed by atoms with Gasteiger partial charge in [0.15, 0.2) is 0 Å². The molecule has 1 saturated heterocycles. The van der Waals surface area contributed by atoms with Crippen molar-refractivity contribution in [2.75, 3.05) is 27.3 Å². The number of carbonyl (C=O) groups excluding carboxylic acids is 1. The Balaban J connectivity index is 2.38. The predicted octanol–water partition coefficient (Wildman–Crippen LogP) is -0.695. The lowest BCUT2D eigenvalue weighted by atomic mass is 10.2. The quantitative estimate of drug-likeness (QED) is 0.357. The lowest BCUT2D eigenvalue weighted by Gasteiger charge is -2.27. The van der Waals surface area contributed by atoms with Gasteiger partial charge in [0.2, 0.25) is 5.91 Å². The van der Waals surface area contributed by atoms with E-state index in [1.165, 1.54) is 6.08 Å². The highest BCUT2D eigenvalue weighted by Gasteiger charge is 2.18. The standard InChI is InChI=1S/C9H15N3O2/c1-10-8(3-4-9(13)11-2)12-7-5-14-6-7/h3-4,7H,5-6H2,1-2H3,(H,10,12)(H,11,13)/b4-3+. The maximum atomic E-state index is 10.9. The van der Waals surface area contributed by atoms with Gasteiger partial charge in [0.05, 0.1) is 19.3 Å². The Morgan fingerprint density at radius 3 is 2.64 bits per heavy atom. The first-order valence-electron chi connectivity index (χ1n) is 4.47. The molecule has 5 heteroatoms. The van der Waals surface area contributed by atoms with E-state index in [0.29, 0.717) is 25.1 Å². The first kappa shape index (κ1) is 10.7. The van der Waals surface area contributed by atoms with Crippen molar-refractivity contribution in [2.45, 2.75) is 6.04 Å². The summed E-state index contributed by atoms with van der Waals surface area (Å²) in [6.07, 6.45) is 3.09. The van der Waals surface area contributed by atoms with Crippen LogP contribution in [-0.4, -0.2) is 45.1 Å². The van der Waals surface area contributed by atoms with Crippen molar-refractivity contribution in [3.8, 4) is 0 Å². The first-order chi connectivity index (χ1) is 6.76. The van der Waals surface area contributed by atoms with Gasteiger partial charge >= 0.3 is 0 Å². The zero-order chi connectivity index (χ0) is 10.4. The van der Waals surface area contributed by atoms with Crippen LogP contribution < -0.4 is 10.6 Å². The summed E-state index contributed by atoms with van der Waals surface area (Å²) in [5.74, 6) is 0.555. The molecular weight excluding hydrogens is 182 g/mol. The number of carbonyl (C=O) groups is 1. The maximum Gasteiger partial charge on any atom is 0.243 e. The van der Waals surface area contributed by atoms with E-state index in [-0.39, 0.29) is 5.91 Å². The Morgan fingerprint density at radius 2 is 2.21 bits per heavy atom. The van der Waals surface area contributed by atoms with Gasteiger partial charge in [-0.2, -0.15) is 0 Å². The van der Waals surface area contributed by atoms with Crippen LogP contribution in [0.5, 0.6) is 0 Å². The smallest absolute Gasteiger partial charge is 0.243 e. The summed E-state index contributed by atoms with van der Waals surface area (Å²) in [6, 6.07) is 0.322. The van der Waals surface area contributed by atoms with E-state index in [1.54, 1.807) is 20.2 Å². The van der Waals surface area contributed by atoms with E-state index in [2.05, 4.69) is 15.6 Å². The van der Waals surface area contributed by atoms with Gasteiger partial charge in [0.1, 0.15) is 5.84 Å². The molecule has 2 N–H and O–H groups in total. The highest BCUT2D eigenvalue weighted by atomic mass is 16.5. The Labute approximate surface area is 83.2 Å². The topological polar surface area (TPSA) is 62.7 Å². The molecule has 14 heavy (non-hydrogen) atoms. The highest BCUT2D eigenvalue weighted by Crippen LogP contribution is 1.99. The van der Waals surface area contributed by atoms with Crippen molar-refractivity contribution in [3.05, 3.63) is 12.2 Å². The Bertz CT molecular complexity index is 257. The Kier molecular flexibility index (Phi) is 4.12. The summed E-state index contributed by atoms with van der Waals surface area (Å²) in [5, 5.41) is 5.63. The van der Waals surface area contributed by atoms with Gasteiger partial charge in [-0.1, -0.05) is 0 Å². The molecule has 1 aliphatic rings. The number of amides is 1. The summed E-state index contributed by atoms with van der Waals surface area (Å²) < 4.78 is 5.01. The van der Waals surface area contributed by atoms with Crippen molar-refractivity contribution in [1.82, 2.24) is 10.6 Å². The van der Waals surface area contributed by atoms with Crippen LogP contribution in [0.15, 0.2) is 17.1 Å². The van der Waals surface area contributed by atoms with Crippen LogP contribution in [0, 0.1) is 0 Å². The second-order valence-corrected chi connectivity index (χ2v) is 2.94. The van der Waals surface area contributed by atoms with Crippen LogP contribution in [0.25, 0.3) is 0 Å². The Morgan fingerprint density at radius 1 is 1.50 bits per heavy atom. The van der Waals surface area contributed by atoms with Gasteiger partial charge in [0, 0.05) is 20.2 Å². The zero-order valence-electron chi connectivity index (χ0n) is 8.41. The molecule has 0 aromatic rings. The van der Waals surface area contributed by atoms with Gasteiger partial charge in [-0.05, 0) is 6.08 Å². The van der Waals surface area contributed by atoms with Crippen molar-refractivity contribution in [3.63, 3.8) is 0 Å². The van der Waals surface area contributed by atoms with Gasteiger partial charge in [-0.25, -0.2) is 0 Å². The maximum absolute atomic E-state index is 10.9. The SMILES string of the molecule is CN=C(/C=C/C(=O)NC)NC1COC1. The predicted molar refractivity (Wildman–Crippen MR) is 54.3 cm³/mol. The number of amidine groups is 1. The molecule has 1 rings (SSSR count). The van der Waals surface area contributed by atoms with E-state index < -0.39 is 0 Å². The molecule has 78 valence electrons. The summed E-state index contributed by atoms with van der Waals surface area (Å²) in [7, 11) is 3.26. The normalized spacial score (nSPS) is 18.0. The number of nitrogens with zero attached hydrogens (tertiary/aromatic N) is 1. The molecule has 0 aromatic heterocycles. The molecule has 1 amide bonds. The van der Waals surface area contributed by atoms with Gasteiger partial charge in [-0.15, -0.1) is 0 Å². The molecule has 0 bridgehead atoms. The number of nitrogens with one attached hydrogen (secondary N) is 2. The average Bonchev–Trinajstić information content (AvgIpc) is 2.15. The van der Waals surface area contributed by atoms with Crippen molar-refractivity contribution in [2.24, 2.45) is 4.99 Å². The third-order valence-corrected chi connectivity index (χ3v) is 1.87. The molecule has 0 saturated carbocycles. The van der Waals surface area contributed by atoms with Crippen molar-refractivity contribution >= 4 is 11.7 Å². The number of likely N-dealkylation sites (N-methyl/N-ethyl adjacent to an activating group) is 1. The molecule has 0 radical (unpaired) electrons. The van der Waals surface area contributed by atoms with Crippen LogP contribution in [0.3, 0.4) is 0 Å². The minimum Gasteiger partial charge on any atom is -0.377 e. The second kappa shape index (κ2) is 5.39. The van der Waals surface area contributed by atoms with Crippen LogP contribution in [0.2, 0.25) is 0 Å². The third kappa shape index (κ3) is 3.18. The first-order valence-corrected chi connectivity index (χ1v) is 4.47. The molecule has 1 fully saturated rings. The largest absolute Gasteiger partial charge is 0.377 e. The van der Waals surface area contributed by atoms with E-state index in [9.17, 15) is 4.79 Å². The van der Waals surface area contributed by atoms with Crippen LogP contribution in [0.1, 0.15) is 0 Å². The van der Waals surface area contributed by atoms with Crippen molar-refractivity contribution < 1.29 is 9.53 Å². The van der Waals surface area contributed by atoms with Crippen LogP contribution >= 0.6 is 0 Å². The van der Waals surface area contributed by atoms with Gasteiger partial charge in [-0.3, -0.25) is 9.79 Å². The van der Waals surface area contributed by atoms with Gasteiger partial charge in [0.25, 0.3) is 0 Å². The number of aliphatic imine (C=N–C) groups is 1. The molecule has 5 nitrogen and oxygen atoms in total. The monoisotopic (exact) mass is 197 g/mol. The minimum absolute atomic E-state index is 0.141. The summed E-state index contributed by atoms with van der Waals surface area (Å²) in [4.78, 5) is 14.9. The van der Waals surface area contributed by atoms with E-state index >= 15 is 0 Å². The van der Waals surface area contributed by atoms with E-state index in [1.807, 2.05) is 0 Å². The van der Waals surface area contributed by atoms with Gasteiger partial charge < -0.3 is 15.4 Å². The van der Waals surface area contributed by atoms with Crippen LogP contribution in [0.4, 0.5) is 0 Å². The lowest BCUT2D eigenvalue weighted by Crippen LogP contribution is -2.48. The molecular formula is C9H15N3O2. The molecule has 1 heterocycles.